The maximum atomic E-state index is 9.74. The van der Waals surface area contributed by atoms with E-state index >= 15 is 0 Å². The number of hydrogen-bond donors (Lipinski definition) is 0. The third kappa shape index (κ3) is 5.21. The van der Waals surface area contributed by atoms with Gasteiger partial charge in [-0.05, 0) is 0 Å². The second-order valence-electron chi connectivity index (χ2n) is 2.31. The van der Waals surface area contributed by atoms with Gasteiger partial charge in [0.15, 0.2) is 0 Å². The highest BCUT2D eigenvalue weighted by Gasteiger charge is 2.08. The van der Waals surface area contributed by atoms with E-state index in [1.165, 1.54) is 0 Å². The molecule has 72 valence electrons. The van der Waals surface area contributed by atoms with Crippen molar-refractivity contribution in [2.45, 2.75) is 13.8 Å². The molecule has 1 heterocycles. The van der Waals surface area contributed by atoms with Crippen LogP contribution in [-0.4, -0.2) is 44.3 Å². The number of morpholine rings is 1. The van der Waals surface area contributed by atoms with E-state index in [9.17, 15) is 4.91 Å². The summed E-state index contributed by atoms with van der Waals surface area (Å²) in [6.45, 7) is 8.65. The van der Waals surface area contributed by atoms with E-state index in [1.807, 2.05) is 13.8 Å². The first kappa shape index (κ1) is 11.5. The Labute approximate surface area is 73.9 Å². The number of ether oxygens (including phenoxy) is 1. The molecule has 12 heavy (non-hydrogen) atoms. The van der Waals surface area contributed by atoms with E-state index in [-0.39, 0.29) is 0 Å². The average Bonchev–Trinajstić information content (AvgIpc) is 2.19. The summed E-state index contributed by atoms with van der Waals surface area (Å²) in [4.78, 5) is 11.9. The Bertz CT molecular complexity index is 103. The molecule has 1 fully saturated rings. The van der Waals surface area contributed by atoms with Gasteiger partial charge in [0.2, 0.25) is 0 Å². The Balaban J connectivity index is 0.000000561. The molecule has 0 aromatic carbocycles. The quantitative estimate of drug-likeness (QED) is 0.602. The van der Waals surface area contributed by atoms with Crippen molar-refractivity contribution in [3.63, 3.8) is 0 Å². The molecular formula is C8H18N2O2. The maximum absolute atomic E-state index is 9.74. The Hall–Kier alpha value is -0.480. The van der Waals surface area contributed by atoms with Gasteiger partial charge in [-0.3, -0.25) is 4.90 Å². The van der Waals surface area contributed by atoms with Crippen molar-refractivity contribution in [1.29, 1.82) is 0 Å². The van der Waals surface area contributed by atoms with Crippen LogP contribution in [0, 0.1) is 4.91 Å². The number of nitroso groups, excluding NO2 is 1. The van der Waals surface area contributed by atoms with Crippen molar-refractivity contribution in [3.8, 4) is 0 Å². The van der Waals surface area contributed by atoms with Gasteiger partial charge in [0, 0.05) is 19.6 Å². The third-order valence-electron chi connectivity index (χ3n) is 1.61. The van der Waals surface area contributed by atoms with Gasteiger partial charge in [-0.25, -0.2) is 0 Å². The van der Waals surface area contributed by atoms with Gasteiger partial charge < -0.3 is 4.74 Å². The molecule has 1 saturated heterocycles. The van der Waals surface area contributed by atoms with E-state index in [0.29, 0.717) is 6.54 Å². The van der Waals surface area contributed by atoms with Crippen molar-refractivity contribution in [3.05, 3.63) is 4.91 Å². The molecule has 0 bridgehead atoms. The number of nitrogens with zero attached hydrogens (tertiary/aromatic N) is 2. The normalized spacial score (nSPS) is 17.8. The summed E-state index contributed by atoms with van der Waals surface area (Å²) in [6.07, 6.45) is 0. The molecule has 0 N–H and O–H groups in total. The van der Waals surface area contributed by atoms with Crippen LogP contribution in [0.2, 0.25) is 0 Å². The van der Waals surface area contributed by atoms with Crippen molar-refractivity contribution >= 4 is 0 Å². The molecule has 1 aliphatic heterocycles. The lowest BCUT2D eigenvalue weighted by Crippen LogP contribution is -2.37. The van der Waals surface area contributed by atoms with Gasteiger partial charge in [0.25, 0.3) is 0 Å². The molecule has 4 heteroatoms. The first-order chi connectivity index (χ1) is 5.93. The van der Waals surface area contributed by atoms with E-state index in [2.05, 4.69) is 10.1 Å². The predicted molar refractivity (Wildman–Crippen MR) is 49.3 cm³/mol. The fourth-order valence-electron chi connectivity index (χ4n) is 1.01. The topological polar surface area (TPSA) is 41.9 Å². The van der Waals surface area contributed by atoms with Crippen LogP contribution in [0.5, 0.6) is 0 Å². The fourth-order valence-corrected chi connectivity index (χ4v) is 1.01. The first-order valence-electron chi connectivity index (χ1n) is 4.52. The molecule has 1 aliphatic rings. The summed E-state index contributed by atoms with van der Waals surface area (Å²) >= 11 is 0. The molecule has 0 unspecified atom stereocenters. The second-order valence-corrected chi connectivity index (χ2v) is 2.31. The standard InChI is InChI=1S/C6H12N2O2.C2H6/c9-7-1-2-8-3-5-10-6-4-8;1-2/h1-6H2;1-2H3. The van der Waals surface area contributed by atoms with Crippen molar-refractivity contribution in [2.75, 3.05) is 39.4 Å². The highest BCUT2D eigenvalue weighted by Crippen LogP contribution is 1.94. The first-order valence-corrected chi connectivity index (χ1v) is 4.52. The van der Waals surface area contributed by atoms with Crippen molar-refractivity contribution < 1.29 is 4.74 Å². The smallest absolute Gasteiger partial charge is 0.0938 e. The van der Waals surface area contributed by atoms with Crippen molar-refractivity contribution in [2.24, 2.45) is 5.18 Å². The minimum Gasteiger partial charge on any atom is -0.379 e. The van der Waals surface area contributed by atoms with Crippen LogP contribution < -0.4 is 0 Å². The Morgan fingerprint density at radius 1 is 1.33 bits per heavy atom. The van der Waals surface area contributed by atoms with E-state index in [1.54, 1.807) is 0 Å². The lowest BCUT2D eigenvalue weighted by molar-refractivity contribution is 0.0394. The zero-order valence-corrected chi connectivity index (χ0v) is 7.95. The monoisotopic (exact) mass is 174 g/mol. The molecule has 0 spiro atoms. The van der Waals surface area contributed by atoms with Gasteiger partial charge >= 0.3 is 0 Å². The van der Waals surface area contributed by atoms with E-state index in [0.717, 1.165) is 32.8 Å². The van der Waals surface area contributed by atoms with Crippen LogP contribution in [0.15, 0.2) is 5.18 Å². The summed E-state index contributed by atoms with van der Waals surface area (Å²) in [5.74, 6) is 0. The van der Waals surface area contributed by atoms with Gasteiger partial charge in [-0.15, -0.1) is 0 Å². The fraction of sp³-hybridized carbons (Fsp3) is 1.00. The van der Waals surface area contributed by atoms with E-state index in [4.69, 9.17) is 4.74 Å². The lowest BCUT2D eigenvalue weighted by Gasteiger charge is -2.25. The molecule has 0 aromatic heterocycles. The second kappa shape index (κ2) is 8.62. The van der Waals surface area contributed by atoms with Crippen LogP contribution in [0.25, 0.3) is 0 Å². The zero-order chi connectivity index (χ0) is 9.23. The highest BCUT2D eigenvalue weighted by molar-refractivity contribution is 4.62. The maximum Gasteiger partial charge on any atom is 0.0938 e. The molecule has 0 saturated carbocycles. The minimum atomic E-state index is 0.403. The molecule has 1 rings (SSSR count). The summed E-state index contributed by atoms with van der Waals surface area (Å²) in [6, 6.07) is 0. The minimum absolute atomic E-state index is 0.403. The Morgan fingerprint density at radius 2 is 1.92 bits per heavy atom. The van der Waals surface area contributed by atoms with E-state index < -0.39 is 0 Å². The van der Waals surface area contributed by atoms with Crippen LogP contribution in [0.1, 0.15) is 13.8 Å². The average molecular weight is 174 g/mol. The van der Waals surface area contributed by atoms with Crippen molar-refractivity contribution in [1.82, 2.24) is 4.90 Å². The molecule has 0 atom stereocenters. The van der Waals surface area contributed by atoms with Gasteiger partial charge in [-0.2, -0.15) is 4.91 Å². The number of rotatable bonds is 3. The van der Waals surface area contributed by atoms with Gasteiger partial charge in [0.1, 0.15) is 0 Å². The summed E-state index contributed by atoms with van der Waals surface area (Å²) in [7, 11) is 0. The van der Waals surface area contributed by atoms with Crippen LogP contribution in [-0.2, 0) is 4.74 Å². The van der Waals surface area contributed by atoms with Gasteiger partial charge in [0.05, 0.1) is 19.8 Å². The largest absolute Gasteiger partial charge is 0.379 e. The molecule has 0 aliphatic carbocycles. The Morgan fingerprint density at radius 3 is 2.42 bits per heavy atom. The molecule has 0 amide bonds. The summed E-state index contributed by atoms with van der Waals surface area (Å²) in [5.41, 5.74) is 0. The van der Waals surface area contributed by atoms with Crippen LogP contribution in [0.3, 0.4) is 0 Å². The summed E-state index contributed by atoms with van der Waals surface area (Å²) < 4.78 is 5.13. The predicted octanol–water partition coefficient (Wildman–Crippen LogP) is 1.11. The highest BCUT2D eigenvalue weighted by atomic mass is 16.5. The van der Waals surface area contributed by atoms with Gasteiger partial charge in [-0.1, -0.05) is 19.0 Å². The molecule has 0 radical (unpaired) electrons. The molecule has 4 nitrogen and oxygen atoms in total. The van der Waals surface area contributed by atoms with Crippen LogP contribution >= 0.6 is 0 Å². The Kier molecular flexibility index (Phi) is 8.27. The molecule has 0 aromatic rings. The summed E-state index contributed by atoms with van der Waals surface area (Å²) in [5, 5.41) is 2.80. The lowest BCUT2D eigenvalue weighted by atomic mass is 10.4. The zero-order valence-electron chi connectivity index (χ0n) is 7.95. The molecular weight excluding hydrogens is 156 g/mol. The SMILES string of the molecule is CC.O=NCCN1CCOCC1. The third-order valence-corrected chi connectivity index (χ3v) is 1.61. The van der Waals surface area contributed by atoms with Crippen LogP contribution in [0.4, 0.5) is 0 Å². The number of hydrogen-bond acceptors (Lipinski definition) is 4.